The Balaban J connectivity index is 1.22. The number of aromatic amines is 1. The first-order chi connectivity index (χ1) is 61.9. The number of carbonyl (C=O) groups is 16. The highest BCUT2D eigenvalue weighted by Gasteiger charge is 2.42. The van der Waals surface area contributed by atoms with Crippen LogP contribution in [0.15, 0.2) is 164 Å². The van der Waals surface area contributed by atoms with Crippen molar-refractivity contribution in [2.45, 2.75) is 179 Å². The second-order valence-electron chi connectivity index (χ2n) is 33.9. The number of likely N-dealkylation sites (N-methyl/N-ethyl adjacent to an activating group) is 5. The first-order valence-corrected chi connectivity index (χ1v) is 45.0. The average Bonchev–Trinajstić information content (AvgIpc) is 1.74. The Hall–Kier alpha value is -12.8. The smallest absolute Gasteiger partial charge is 0.293 e. The van der Waals surface area contributed by atoms with Crippen molar-refractivity contribution in [3.8, 4) is 11.5 Å². The summed E-state index contributed by atoms with van der Waals surface area (Å²) in [4.78, 5) is 244. The van der Waals surface area contributed by atoms with Crippen molar-refractivity contribution in [3.05, 3.63) is 202 Å². The Labute approximate surface area is 766 Å². The highest BCUT2D eigenvalue weighted by atomic mass is 35.5. The molecule has 2 heterocycles. The summed E-state index contributed by atoms with van der Waals surface area (Å²) in [5.41, 5.74) is 9.14. The highest BCUT2D eigenvalue weighted by Crippen LogP contribution is 2.28. The first kappa shape index (κ1) is 103. The van der Waals surface area contributed by atoms with Gasteiger partial charge in [-0.3, -0.25) is 76.7 Å². The summed E-state index contributed by atoms with van der Waals surface area (Å²) in [5.74, 6) is -16.6. The van der Waals surface area contributed by atoms with E-state index in [4.69, 9.17) is 22.1 Å². The van der Waals surface area contributed by atoms with Crippen LogP contribution in [-0.4, -0.2) is 255 Å². The molecule has 32 nitrogen and oxygen atoms in total. The lowest BCUT2D eigenvalue weighted by Crippen LogP contribution is -2.59. The van der Waals surface area contributed by atoms with E-state index in [2.05, 4.69) is 36.9 Å². The SMILES string of the molecule is CCCC[C@H]1C(=O)N(C)CC(=O)C[C@@H](COC=O)C(=O)C[C@@H](C(C)C)C(=O)N(C)[C@@H](Cc2ccccc2)C(=O)N[C@@H](Cc2ccc(O)cc2)C(=O)N(C)CC(=O)N[C@@H](Cc2c[nH]c3ccccc23)C(=O)N[C@@H](Cc2ccc(O)cc2)C(=O)N[C@@H](CC(C)C)C(=O)N[C@H](C(=O)CCC(N)=O)CSCC(=O)N[C@@H](Cc2ccccc2Cl)C(=O)N(C)[C@@H](Cc2ccccc2)C(=O)N1C. The van der Waals surface area contributed by atoms with Crippen LogP contribution in [0.2, 0.25) is 5.02 Å². The van der Waals surface area contributed by atoms with Gasteiger partial charge >= 0.3 is 0 Å². The van der Waals surface area contributed by atoms with Gasteiger partial charge in [0.1, 0.15) is 72.2 Å². The lowest BCUT2D eigenvalue weighted by molar-refractivity contribution is -0.151. The van der Waals surface area contributed by atoms with Gasteiger partial charge in [0.15, 0.2) is 11.6 Å². The molecule has 0 bridgehead atoms. The number of aromatic nitrogens is 1. The Bertz CT molecular complexity index is 5100. The number of amides is 12. The van der Waals surface area contributed by atoms with Gasteiger partial charge in [-0.05, 0) is 94.5 Å². The third kappa shape index (κ3) is 30.7. The maximum atomic E-state index is 15.6. The molecule has 696 valence electrons. The number of para-hydroxylation sites is 1. The molecule has 12 amide bonds. The van der Waals surface area contributed by atoms with Crippen molar-refractivity contribution in [1.29, 1.82) is 0 Å². The number of primary amides is 1. The van der Waals surface area contributed by atoms with E-state index in [1.165, 1.54) is 93.6 Å². The molecule has 0 unspecified atom stereocenters. The van der Waals surface area contributed by atoms with Crippen molar-refractivity contribution >= 4 is 129 Å². The Morgan fingerprint density at radius 1 is 0.515 bits per heavy atom. The maximum absolute atomic E-state index is 15.6. The quantitative estimate of drug-likeness (QED) is 0.0289. The van der Waals surface area contributed by atoms with Crippen molar-refractivity contribution in [1.82, 2.24) is 61.4 Å². The average molecular weight is 1830 g/mol. The number of thioether (sulfide) groups is 1. The standard InChI is InChI=1S/C96H120ClN13O19S/c1-11-12-31-80-95(127)106(6)52-69(114)47-66(54-129-57-111)84(116)50-71(59(4)5)92(124)109(9)81(45-60-23-15-13-16-24-60)91(123)104-77(44-63-34-38-68(113)39-35-63)93(125)107(7)53-86(118)100-76(49-65-51-99-73-30-22-20-28-70(65)73)90(122)103-75(43-62-32-36-67(112)37-33-62)89(121)102-74(42-58(2)3)88(120)105-79(83(115)40-41-85(98)117)55-130-56-87(119)101-78(48-64-27-19-21-29-72(64)97)94(126)110(10)82(96(128)108(80)8)46-61-25-17-14-18-26-61/h13-30,32-39,51,57-59,66,71,74-82,99,112-113H,11-12,31,40-50,52-56H2,1-10H3,(H2,98,117)(H,100,118)(H,101,119)(H,102,121)(H,103,122)(H,104,123)(H,105,120)/t66-,71-,74-,75-,76-,77-,78-,79-,80-,81-,82-/m0/s1. The molecule has 1 aliphatic heterocycles. The van der Waals surface area contributed by atoms with E-state index in [0.29, 0.717) is 57.1 Å². The summed E-state index contributed by atoms with van der Waals surface area (Å²) in [6, 6.07) is 29.3. The van der Waals surface area contributed by atoms with E-state index >= 15 is 43.2 Å². The molecule has 6 aromatic carbocycles. The number of unbranched alkanes of at least 4 members (excludes halogenated alkanes) is 1. The van der Waals surface area contributed by atoms with Gasteiger partial charge < -0.3 is 82.1 Å². The molecule has 1 saturated heterocycles. The number of phenolic OH excluding ortho intramolecular Hbond substituents is 2. The van der Waals surface area contributed by atoms with Crippen LogP contribution in [0.5, 0.6) is 11.5 Å². The lowest BCUT2D eigenvalue weighted by atomic mass is 9.84. The predicted octanol–water partition coefficient (Wildman–Crippen LogP) is 6.09. The number of nitrogens with two attached hydrogens (primary N) is 1. The van der Waals surface area contributed by atoms with E-state index in [1.807, 2.05) is 6.92 Å². The number of hydrogen-bond acceptors (Lipinski definition) is 20. The molecule has 1 aromatic heterocycles. The summed E-state index contributed by atoms with van der Waals surface area (Å²) in [7, 11) is 6.76. The van der Waals surface area contributed by atoms with Crippen molar-refractivity contribution in [3.63, 3.8) is 0 Å². The van der Waals surface area contributed by atoms with Crippen LogP contribution in [0, 0.1) is 23.7 Å². The van der Waals surface area contributed by atoms with Crippen molar-refractivity contribution < 1.29 is 91.7 Å². The number of benzene rings is 6. The van der Waals surface area contributed by atoms with E-state index in [0.717, 1.165) is 26.5 Å². The number of phenols is 2. The zero-order chi connectivity index (χ0) is 95.0. The van der Waals surface area contributed by atoms with Crippen molar-refractivity contribution in [2.75, 3.05) is 66.4 Å². The van der Waals surface area contributed by atoms with Gasteiger partial charge in [0, 0.05) is 133 Å². The molecule has 1 aliphatic rings. The third-order valence-corrected chi connectivity index (χ3v) is 24.4. The Morgan fingerprint density at radius 2 is 1.02 bits per heavy atom. The van der Waals surface area contributed by atoms with Crippen LogP contribution in [0.25, 0.3) is 10.9 Å². The van der Waals surface area contributed by atoms with Gasteiger partial charge in [0.25, 0.3) is 6.47 Å². The third-order valence-electron chi connectivity index (χ3n) is 23.0. The fourth-order valence-electron chi connectivity index (χ4n) is 15.6. The fraction of sp³-hybridized carbons (Fsp3) is 0.438. The van der Waals surface area contributed by atoms with Crippen molar-refractivity contribution in [2.24, 2.45) is 29.4 Å². The van der Waals surface area contributed by atoms with E-state index in [-0.39, 0.29) is 86.0 Å². The number of aromatic hydroxyl groups is 2. The van der Waals surface area contributed by atoms with Gasteiger partial charge in [-0.25, -0.2) is 0 Å². The maximum Gasteiger partial charge on any atom is 0.293 e. The van der Waals surface area contributed by atoms with Crippen LogP contribution in [0.3, 0.4) is 0 Å². The topological polar surface area (TPSA) is 453 Å². The van der Waals surface area contributed by atoms with Gasteiger partial charge in [0.05, 0.1) is 30.8 Å². The number of halogens is 1. The molecule has 34 heteroatoms. The number of fused-ring (bicyclic) bond motifs is 1. The van der Waals surface area contributed by atoms with E-state index in [1.54, 1.807) is 143 Å². The molecule has 11 N–H and O–H groups in total. The number of Topliss-reactive ketones (excluding diaryl/α,β-unsaturated/α-hetero) is 3. The fourth-order valence-corrected chi connectivity index (χ4v) is 16.7. The summed E-state index contributed by atoms with van der Waals surface area (Å²) in [6.07, 6.45) is -0.770. The molecule has 130 heavy (non-hydrogen) atoms. The second-order valence-corrected chi connectivity index (χ2v) is 35.3. The minimum atomic E-state index is -1.58. The summed E-state index contributed by atoms with van der Waals surface area (Å²) >= 11 is 7.62. The molecule has 8 rings (SSSR count). The number of nitrogens with zero attached hydrogens (tertiary/aromatic N) is 5. The summed E-state index contributed by atoms with van der Waals surface area (Å²) in [5, 5.41) is 38.4. The molecule has 0 radical (unpaired) electrons. The van der Waals surface area contributed by atoms with Crippen LogP contribution >= 0.6 is 23.4 Å². The van der Waals surface area contributed by atoms with Gasteiger partial charge in [-0.2, -0.15) is 0 Å². The number of carbonyl (C=O) groups excluding carboxylic acids is 16. The van der Waals surface area contributed by atoms with Crippen LogP contribution in [0.4, 0.5) is 0 Å². The van der Waals surface area contributed by atoms with Crippen LogP contribution < -0.4 is 37.6 Å². The zero-order valence-electron chi connectivity index (χ0n) is 75.0. The van der Waals surface area contributed by atoms with Gasteiger partial charge in [0.2, 0.25) is 70.9 Å². The predicted molar refractivity (Wildman–Crippen MR) is 490 cm³/mol. The van der Waals surface area contributed by atoms with Crippen LogP contribution in [0.1, 0.15) is 119 Å². The summed E-state index contributed by atoms with van der Waals surface area (Å²) < 4.78 is 5.16. The summed E-state index contributed by atoms with van der Waals surface area (Å²) in [6.45, 7) is 6.82. The molecule has 7 aromatic rings. The lowest BCUT2D eigenvalue weighted by Gasteiger charge is -2.37. The zero-order valence-corrected chi connectivity index (χ0v) is 76.6. The molecule has 0 saturated carbocycles. The number of hydrogen-bond donors (Lipinski definition) is 10. The molecule has 1 fully saturated rings. The normalized spacial score (nSPS) is 22.0. The molecular formula is C96H120ClN13O19S. The van der Waals surface area contributed by atoms with E-state index < -0.39 is 211 Å². The first-order valence-electron chi connectivity index (χ1n) is 43.4. The number of ether oxygens (including phenoxy) is 1. The Kier molecular flexibility index (Phi) is 39.7. The van der Waals surface area contributed by atoms with Gasteiger partial charge in [-0.15, -0.1) is 11.8 Å². The Morgan fingerprint density at radius 3 is 1.62 bits per heavy atom. The molecule has 0 aliphatic carbocycles. The second kappa shape index (κ2) is 50.3. The van der Waals surface area contributed by atoms with Gasteiger partial charge in [-0.1, -0.05) is 180 Å². The molecular weight excluding hydrogens is 1710 g/mol. The van der Waals surface area contributed by atoms with Crippen LogP contribution in [-0.2, 0) is 120 Å². The molecule has 11 atom stereocenters. The van der Waals surface area contributed by atoms with E-state index in [9.17, 15) is 43.8 Å². The highest BCUT2D eigenvalue weighted by molar-refractivity contribution is 8.00. The largest absolute Gasteiger partial charge is 0.508 e. The number of H-pyrrole nitrogens is 1. The monoisotopic (exact) mass is 1830 g/mol. The molecule has 0 spiro atoms. The number of nitrogens with one attached hydrogen (secondary N) is 7. The minimum Gasteiger partial charge on any atom is -0.508 e. The number of rotatable bonds is 25. The number of ketones is 3. The minimum absolute atomic E-state index is 0.0708.